The molecule has 0 saturated carbocycles. The predicted molar refractivity (Wildman–Crippen MR) is 75.1 cm³/mol. The number of anilines is 1. The molecule has 0 spiro atoms. The average Bonchev–Trinajstić information content (AvgIpc) is 2.38. The molecule has 1 amide bonds. The van der Waals surface area contributed by atoms with Crippen molar-refractivity contribution >= 4 is 17.7 Å². The van der Waals surface area contributed by atoms with Gasteiger partial charge in [-0.2, -0.15) is 0 Å². The maximum Gasteiger partial charge on any atom is 0.335 e. The van der Waals surface area contributed by atoms with Crippen LogP contribution in [0.4, 0.5) is 5.82 Å². The zero-order valence-corrected chi connectivity index (χ0v) is 11.2. The lowest BCUT2D eigenvalue weighted by molar-refractivity contribution is 0.0696. The summed E-state index contributed by atoms with van der Waals surface area (Å²) in [5.74, 6) is -1.15. The van der Waals surface area contributed by atoms with E-state index in [4.69, 9.17) is 5.11 Å². The molecule has 2 N–H and O–H groups in total. The Bertz CT molecular complexity index is 681. The maximum absolute atomic E-state index is 12.1. The number of pyridine rings is 1. The highest BCUT2D eigenvalue weighted by Crippen LogP contribution is 2.13. The molecule has 5 nitrogen and oxygen atoms in total. The Morgan fingerprint density at radius 1 is 1.15 bits per heavy atom. The molecule has 5 heteroatoms. The smallest absolute Gasteiger partial charge is 0.335 e. The fourth-order valence-corrected chi connectivity index (χ4v) is 1.88. The quantitative estimate of drug-likeness (QED) is 0.898. The van der Waals surface area contributed by atoms with E-state index in [1.165, 1.54) is 18.3 Å². The van der Waals surface area contributed by atoms with Crippen molar-refractivity contribution in [2.75, 3.05) is 5.32 Å². The first kappa shape index (κ1) is 13.7. The fraction of sp³-hybridized carbons (Fsp3) is 0.133. The maximum atomic E-state index is 12.1. The van der Waals surface area contributed by atoms with Crippen molar-refractivity contribution in [1.82, 2.24) is 4.98 Å². The van der Waals surface area contributed by atoms with Crippen molar-refractivity contribution in [2.45, 2.75) is 13.8 Å². The van der Waals surface area contributed by atoms with E-state index < -0.39 is 5.97 Å². The van der Waals surface area contributed by atoms with Crippen LogP contribution in [0.15, 0.2) is 36.5 Å². The van der Waals surface area contributed by atoms with Gasteiger partial charge in [-0.25, -0.2) is 9.78 Å². The summed E-state index contributed by atoms with van der Waals surface area (Å²) in [4.78, 5) is 26.9. The Morgan fingerprint density at radius 2 is 1.90 bits per heavy atom. The van der Waals surface area contributed by atoms with Crippen molar-refractivity contribution < 1.29 is 14.7 Å². The van der Waals surface area contributed by atoms with E-state index in [2.05, 4.69) is 10.3 Å². The number of nitrogens with zero attached hydrogens (tertiary/aromatic N) is 1. The molecule has 1 aromatic carbocycles. The molecule has 0 aliphatic rings. The van der Waals surface area contributed by atoms with Crippen LogP contribution in [0.3, 0.4) is 0 Å². The molecule has 102 valence electrons. The van der Waals surface area contributed by atoms with Crippen LogP contribution in [0.1, 0.15) is 31.8 Å². The van der Waals surface area contributed by atoms with E-state index in [9.17, 15) is 9.59 Å². The van der Waals surface area contributed by atoms with Crippen LogP contribution in [-0.4, -0.2) is 22.0 Å². The summed E-state index contributed by atoms with van der Waals surface area (Å²) in [5, 5.41) is 11.5. The van der Waals surface area contributed by atoms with Gasteiger partial charge in [-0.15, -0.1) is 0 Å². The molecule has 0 radical (unpaired) electrons. The van der Waals surface area contributed by atoms with Crippen molar-refractivity contribution in [2.24, 2.45) is 0 Å². The van der Waals surface area contributed by atoms with Gasteiger partial charge in [0, 0.05) is 11.8 Å². The molecule has 0 saturated heterocycles. The van der Waals surface area contributed by atoms with Gasteiger partial charge < -0.3 is 10.4 Å². The summed E-state index contributed by atoms with van der Waals surface area (Å²) in [7, 11) is 0. The van der Waals surface area contributed by atoms with E-state index in [1.807, 2.05) is 26.0 Å². The molecule has 0 fully saturated rings. The van der Waals surface area contributed by atoms with Crippen LogP contribution < -0.4 is 5.32 Å². The molecule has 1 heterocycles. The normalized spacial score (nSPS) is 10.1. The summed E-state index contributed by atoms with van der Waals surface area (Å²) in [6, 6.07) is 8.19. The second-order valence-corrected chi connectivity index (χ2v) is 4.51. The number of nitrogens with one attached hydrogen (secondary N) is 1. The van der Waals surface area contributed by atoms with Gasteiger partial charge in [0.15, 0.2) is 0 Å². The summed E-state index contributed by atoms with van der Waals surface area (Å²) in [6.07, 6.45) is 1.35. The molecule has 0 bridgehead atoms. The predicted octanol–water partition coefficient (Wildman–Crippen LogP) is 2.65. The second kappa shape index (κ2) is 5.52. The van der Waals surface area contributed by atoms with Crippen molar-refractivity contribution in [3.05, 3.63) is 58.8 Å². The lowest BCUT2D eigenvalue weighted by Gasteiger charge is -2.08. The van der Waals surface area contributed by atoms with E-state index >= 15 is 0 Å². The number of carbonyl (C=O) groups is 2. The monoisotopic (exact) mass is 270 g/mol. The van der Waals surface area contributed by atoms with E-state index in [-0.39, 0.29) is 17.3 Å². The number of aromatic nitrogens is 1. The first-order chi connectivity index (χ1) is 9.47. The number of amides is 1. The number of hydrogen-bond donors (Lipinski definition) is 2. The number of benzene rings is 1. The summed E-state index contributed by atoms with van der Waals surface area (Å²) in [5.41, 5.74) is 2.55. The van der Waals surface area contributed by atoms with E-state index in [1.54, 1.807) is 6.07 Å². The Kier molecular flexibility index (Phi) is 3.79. The van der Waals surface area contributed by atoms with Gasteiger partial charge in [0.1, 0.15) is 5.82 Å². The number of carboxylic acids is 1. The number of carboxylic acid groups (broad SMARTS) is 1. The van der Waals surface area contributed by atoms with Crippen LogP contribution >= 0.6 is 0 Å². The molecule has 2 aromatic rings. The molecule has 1 aromatic heterocycles. The number of hydrogen-bond acceptors (Lipinski definition) is 3. The van der Waals surface area contributed by atoms with Gasteiger partial charge in [-0.1, -0.05) is 17.7 Å². The molecule has 0 atom stereocenters. The van der Waals surface area contributed by atoms with Crippen LogP contribution in [0, 0.1) is 13.8 Å². The Labute approximate surface area is 116 Å². The molecule has 0 aliphatic heterocycles. The third kappa shape index (κ3) is 3.00. The van der Waals surface area contributed by atoms with Gasteiger partial charge in [-0.3, -0.25) is 4.79 Å². The van der Waals surface area contributed by atoms with Gasteiger partial charge in [-0.05, 0) is 37.6 Å². The third-order valence-electron chi connectivity index (χ3n) is 2.88. The lowest BCUT2D eigenvalue weighted by atomic mass is 10.1. The first-order valence-corrected chi connectivity index (χ1v) is 6.05. The molecule has 0 aliphatic carbocycles. The van der Waals surface area contributed by atoms with Gasteiger partial charge in [0.05, 0.1) is 5.56 Å². The summed E-state index contributed by atoms with van der Waals surface area (Å²) >= 11 is 0. The minimum atomic E-state index is -1.06. The minimum absolute atomic E-state index is 0.0796. The van der Waals surface area contributed by atoms with Crippen LogP contribution in [0.2, 0.25) is 0 Å². The highest BCUT2D eigenvalue weighted by molar-refractivity contribution is 6.05. The minimum Gasteiger partial charge on any atom is -0.478 e. The van der Waals surface area contributed by atoms with Crippen molar-refractivity contribution in [3.63, 3.8) is 0 Å². The molecular weight excluding hydrogens is 256 g/mol. The van der Waals surface area contributed by atoms with Gasteiger partial charge in [0.25, 0.3) is 5.91 Å². The zero-order chi connectivity index (χ0) is 14.7. The number of rotatable bonds is 3. The van der Waals surface area contributed by atoms with Crippen molar-refractivity contribution in [3.8, 4) is 0 Å². The van der Waals surface area contributed by atoms with Crippen LogP contribution in [-0.2, 0) is 0 Å². The first-order valence-electron chi connectivity index (χ1n) is 6.05. The van der Waals surface area contributed by atoms with Gasteiger partial charge >= 0.3 is 5.97 Å². The Morgan fingerprint density at radius 3 is 2.55 bits per heavy atom. The number of carbonyl (C=O) groups excluding carboxylic acids is 1. The molecular formula is C15H14N2O3. The lowest BCUT2D eigenvalue weighted by Crippen LogP contribution is -2.15. The van der Waals surface area contributed by atoms with Crippen molar-refractivity contribution in [1.29, 1.82) is 0 Å². The van der Waals surface area contributed by atoms with Crippen LogP contribution in [0.5, 0.6) is 0 Å². The topological polar surface area (TPSA) is 79.3 Å². The Hall–Kier alpha value is -2.69. The largest absolute Gasteiger partial charge is 0.478 e. The van der Waals surface area contributed by atoms with Crippen LogP contribution in [0.25, 0.3) is 0 Å². The highest BCUT2D eigenvalue weighted by Gasteiger charge is 2.11. The number of aryl methyl sites for hydroxylation is 2. The molecule has 20 heavy (non-hydrogen) atoms. The Balaban J connectivity index is 2.23. The fourth-order valence-electron chi connectivity index (χ4n) is 1.88. The van der Waals surface area contributed by atoms with Gasteiger partial charge in [0.2, 0.25) is 0 Å². The van der Waals surface area contributed by atoms with E-state index in [0.29, 0.717) is 5.56 Å². The molecule has 2 rings (SSSR count). The summed E-state index contributed by atoms with van der Waals surface area (Å²) in [6.45, 7) is 3.80. The number of aromatic carboxylic acids is 1. The highest BCUT2D eigenvalue weighted by atomic mass is 16.4. The second-order valence-electron chi connectivity index (χ2n) is 4.51. The summed E-state index contributed by atoms with van der Waals surface area (Å²) < 4.78 is 0. The van der Waals surface area contributed by atoms with E-state index in [0.717, 1.165) is 11.1 Å². The average molecular weight is 270 g/mol. The third-order valence-corrected chi connectivity index (χ3v) is 2.88. The SMILES string of the molecule is Cc1ccc(C(=O)Nc2cc(C(=O)O)ccn2)c(C)c1. The standard InChI is InChI=1S/C15H14N2O3/c1-9-3-4-12(10(2)7-9)14(18)17-13-8-11(15(19)20)5-6-16-13/h3-8H,1-2H3,(H,19,20)(H,16,17,18). The molecule has 0 unspecified atom stereocenters. The zero-order valence-electron chi connectivity index (χ0n) is 11.2.